The summed E-state index contributed by atoms with van der Waals surface area (Å²) in [7, 11) is 1.62. The molecule has 0 aliphatic rings. The lowest BCUT2D eigenvalue weighted by atomic mass is 10.0. The number of hydrogen-bond donors (Lipinski definition) is 3. The van der Waals surface area contributed by atoms with E-state index in [0.29, 0.717) is 23.9 Å². The van der Waals surface area contributed by atoms with Gasteiger partial charge < -0.3 is 19.8 Å². The highest BCUT2D eigenvalue weighted by molar-refractivity contribution is 7.47. The van der Waals surface area contributed by atoms with Gasteiger partial charge in [0.15, 0.2) is 0 Å². The quantitative estimate of drug-likeness (QED) is 0.0244. The number of carbonyl (C=O) groups excluding carboxylic acids is 1. The van der Waals surface area contributed by atoms with E-state index >= 15 is 0 Å². The molecule has 0 aliphatic heterocycles. The molecule has 0 radical (unpaired) electrons. The van der Waals surface area contributed by atoms with E-state index in [1.807, 2.05) is 21.1 Å². The van der Waals surface area contributed by atoms with Crippen LogP contribution in [0.2, 0.25) is 0 Å². The molecule has 3 unspecified atom stereocenters. The normalized spacial score (nSPS) is 14.3. The highest BCUT2D eigenvalue weighted by Crippen LogP contribution is 2.43. The number of carbonyl (C=O) groups is 1. The molecule has 0 aromatic rings. The van der Waals surface area contributed by atoms with Gasteiger partial charge in [-0.15, -0.1) is 0 Å². The average molecular weight is 844 g/mol. The van der Waals surface area contributed by atoms with Gasteiger partial charge in [0, 0.05) is 6.42 Å². The van der Waals surface area contributed by atoms with Crippen LogP contribution < -0.4 is 5.32 Å². The zero-order chi connectivity index (χ0) is 42.8. The van der Waals surface area contributed by atoms with Crippen LogP contribution in [0.5, 0.6) is 0 Å². The molecule has 0 aromatic carbocycles. The second-order valence-corrected chi connectivity index (χ2v) is 20.0. The summed E-state index contributed by atoms with van der Waals surface area (Å²) in [5, 5.41) is 14.0. The van der Waals surface area contributed by atoms with Gasteiger partial charge in [0.25, 0.3) is 0 Å². The molecule has 3 N–H and O–H groups in total. The van der Waals surface area contributed by atoms with E-state index in [1.165, 1.54) is 180 Å². The standard InChI is InChI=1S/C49H99N2O6P/c1-6-8-10-12-14-16-18-19-20-21-22-23-24-25-26-27-28-29-30-31-33-35-37-39-41-43-49(53)50-47(46-57-58(54,55)56-45-44-51(3,4)5)48(52)42-40-38-36-34-32-17-15-13-11-9-7-2/h25-26,47-48,52H,6-24,27-46H2,1-5H3,(H-,50,53,54,55)/p+1/b26-25-. The van der Waals surface area contributed by atoms with Crippen LogP contribution in [0, 0.1) is 0 Å². The van der Waals surface area contributed by atoms with Crippen molar-refractivity contribution in [3.8, 4) is 0 Å². The zero-order valence-corrected chi connectivity index (χ0v) is 40.2. The number of aliphatic hydroxyl groups is 1. The minimum absolute atomic E-state index is 0.0762. The Kier molecular flexibility index (Phi) is 41.0. The third-order valence-corrected chi connectivity index (χ3v) is 12.5. The first kappa shape index (κ1) is 57.2. The lowest BCUT2D eigenvalue weighted by molar-refractivity contribution is -0.870. The van der Waals surface area contributed by atoms with Gasteiger partial charge in [-0.25, -0.2) is 4.57 Å². The number of quaternary nitrogens is 1. The van der Waals surface area contributed by atoms with Gasteiger partial charge in [0.2, 0.25) is 5.91 Å². The molecule has 8 nitrogen and oxygen atoms in total. The second kappa shape index (κ2) is 41.6. The summed E-state index contributed by atoms with van der Waals surface area (Å²) in [5.41, 5.74) is 0. The molecule has 0 bridgehead atoms. The number of hydrogen-bond acceptors (Lipinski definition) is 5. The molecule has 0 heterocycles. The van der Waals surface area contributed by atoms with Crippen molar-refractivity contribution in [3.05, 3.63) is 12.2 Å². The Morgan fingerprint density at radius 1 is 0.569 bits per heavy atom. The van der Waals surface area contributed by atoms with E-state index in [0.717, 1.165) is 38.5 Å². The molecule has 0 rings (SSSR count). The lowest BCUT2D eigenvalue weighted by Crippen LogP contribution is -2.46. The monoisotopic (exact) mass is 844 g/mol. The molecular weight excluding hydrogens is 744 g/mol. The van der Waals surface area contributed by atoms with Gasteiger partial charge in [-0.1, -0.05) is 212 Å². The number of allylic oxidation sites excluding steroid dienone is 2. The van der Waals surface area contributed by atoms with Crippen LogP contribution in [0.1, 0.15) is 245 Å². The molecule has 9 heteroatoms. The van der Waals surface area contributed by atoms with E-state index < -0.39 is 20.0 Å². The van der Waals surface area contributed by atoms with Gasteiger partial charge in [-0.05, 0) is 38.5 Å². The highest BCUT2D eigenvalue weighted by Gasteiger charge is 2.28. The fourth-order valence-electron chi connectivity index (χ4n) is 7.51. The van der Waals surface area contributed by atoms with Gasteiger partial charge in [-0.2, -0.15) is 0 Å². The van der Waals surface area contributed by atoms with Crippen LogP contribution in [0.3, 0.4) is 0 Å². The molecule has 0 aliphatic carbocycles. The van der Waals surface area contributed by atoms with Crippen LogP contribution in [-0.2, 0) is 18.4 Å². The number of rotatable bonds is 46. The summed E-state index contributed by atoms with van der Waals surface area (Å²) < 4.78 is 23.6. The first-order chi connectivity index (χ1) is 28.0. The molecule has 3 atom stereocenters. The van der Waals surface area contributed by atoms with E-state index in [2.05, 4.69) is 31.3 Å². The Labute approximate surface area is 361 Å². The van der Waals surface area contributed by atoms with E-state index in [-0.39, 0.29) is 19.1 Å². The van der Waals surface area contributed by atoms with Gasteiger partial charge in [0.1, 0.15) is 13.2 Å². The summed E-state index contributed by atoms with van der Waals surface area (Å²) in [6.07, 6.45) is 48.3. The van der Waals surface area contributed by atoms with Crippen molar-refractivity contribution in [2.24, 2.45) is 0 Å². The van der Waals surface area contributed by atoms with E-state index in [9.17, 15) is 19.4 Å². The van der Waals surface area contributed by atoms with E-state index in [1.54, 1.807) is 0 Å². The number of phosphoric acid groups is 1. The number of phosphoric ester groups is 1. The lowest BCUT2D eigenvalue weighted by Gasteiger charge is -2.26. The summed E-state index contributed by atoms with van der Waals surface area (Å²) in [5.74, 6) is -0.145. The zero-order valence-electron chi connectivity index (χ0n) is 39.3. The summed E-state index contributed by atoms with van der Waals surface area (Å²) in [4.78, 5) is 23.2. The largest absolute Gasteiger partial charge is 0.472 e. The molecule has 346 valence electrons. The Morgan fingerprint density at radius 3 is 1.33 bits per heavy atom. The molecule has 58 heavy (non-hydrogen) atoms. The second-order valence-electron chi connectivity index (χ2n) is 18.5. The minimum atomic E-state index is -4.31. The SMILES string of the molecule is CCCCCCCCCCCCCC/C=C\CCCCCCCCCCCC(=O)NC(COP(=O)(O)OCC[N+](C)(C)C)C(O)CCCCCCCCCCCCC. The van der Waals surface area contributed by atoms with Crippen molar-refractivity contribution in [1.29, 1.82) is 0 Å². The number of amides is 1. The topological polar surface area (TPSA) is 105 Å². The molecule has 0 fully saturated rings. The summed E-state index contributed by atoms with van der Waals surface area (Å²) >= 11 is 0. The molecule has 0 aromatic heterocycles. The maximum absolute atomic E-state index is 12.9. The number of likely N-dealkylation sites (N-methyl/N-ethyl adjacent to an activating group) is 1. The van der Waals surface area contributed by atoms with Gasteiger partial charge >= 0.3 is 7.82 Å². The van der Waals surface area contributed by atoms with Crippen molar-refractivity contribution in [1.82, 2.24) is 5.32 Å². The van der Waals surface area contributed by atoms with Crippen LogP contribution in [0.15, 0.2) is 12.2 Å². The Bertz CT molecular complexity index is 958. The Morgan fingerprint density at radius 2 is 0.931 bits per heavy atom. The highest BCUT2D eigenvalue weighted by atomic mass is 31.2. The van der Waals surface area contributed by atoms with Crippen LogP contribution in [0.25, 0.3) is 0 Å². The number of nitrogens with one attached hydrogen (secondary N) is 1. The molecule has 1 amide bonds. The molecular formula is C49H100N2O6P+. The third kappa shape index (κ3) is 43.3. The maximum atomic E-state index is 12.9. The van der Waals surface area contributed by atoms with Crippen molar-refractivity contribution < 1.29 is 32.9 Å². The fourth-order valence-corrected chi connectivity index (χ4v) is 8.25. The fraction of sp³-hybridized carbons (Fsp3) is 0.939. The third-order valence-electron chi connectivity index (χ3n) is 11.5. The van der Waals surface area contributed by atoms with Gasteiger partial charge in [-0.3, -0.25) is 13.8 Å². The smallest absolute Gasteiger partial charge is 0.391 e. The van der Waals surface area contributed by atoms with Crippen LogP contribution in [-0.4, -0.2) is 73.4 Å². The predicted octanol–water partition coefficient (Wildman–Crippen LogP) is 14.3. The Hall–Kier alpha value is -0.760. The van der Waals surface area contributed by atoms with Crippen molar-refractivity contribution >= 4 is 13.7 Å². The van der Waals surface area contributed by atoms with Crippen molar-refractivity contribution in [2.75, 3.05) is 40.9 Å². The Balaban J connectivity index is 4.12. The van der Waals surface area contributed by atoms with Crippen LogP contribution >= 0.6 is 7.82 Å². The first-order valence-corrected chi connectivity index (χ1v) is 26.5. The minimum Gasteiger partial charge on any atom is -0.391 e. The maximum Gasteiger partial charge on any atom is 0.472 e. The summed E-state index contributed by atoms with van der Waals surface area (Å²) in [6, 6.07) is -0.757. The van der Waals surface area contributed by atoms with Crippen molar-refractivity contribution in [2.45, 2.75) is 257 Å². The number of aliphatic hydroxyl groups excluding tert-OH is 1. The first-order valence-electron chi connectivity index (χ1n) is 25.1. The van der Waals surface area contributed by atoms with E-state index in [4.69, 9.17) is 9.05 Å². The molecule has 0 spiro atoms. The average Bonchev–Trinajstić information content (AvgIpc) is 3.17. The van der Waals surface area contributed by atoms with Crippen LogP contribution in [0.4, 0.5) is 0 Å². The van der Waals surface area contributed by atoms with Gasteiger partial charge in [0.05, 0.1) is 39.9 Å². The predicted molar refractivity (Wildman–Crippen MR) is 249 cm³/mol. The molecule has 0 saturated carbocycles. The number of nitrogens with zero attached hydrogens (tertiary/aromatic N) is 1. The van der Waals surface area contributed by atoms with Crippen molar-refractivity contribution in [3.63, 3.8) is 0 Å². The number of unbranched alkanes of at least 4 members (excludes halogenated alkanes) is 31. The summed E-state index contributed by atoms with van der Waals surface area (Å²) in [6.45, 7) is 4.90. The molecule has 0 saturated heterocycles.